The maximum Gasteiger partial charge on any atom is 0.416 e. The summed E-state index contributed by atoms with van der Waals surface area (Å²) in [6.45, 7) is 7.09. The summed E-state index contributed by atoms with van der Waals surface area (Å²) in [5.74, 6) is 1.01. The highest BCUT2D eigenvalue weighted by molar-refractivity contribution is 5.55. The van der Waals surface area contributed by atoms with Gasteiger partial charge in [-0.15, -0.1) is 0 Å². The van der Waals surface area contributed by atoms with Crippen molar-refractivity contribution in [3.05, 3.63) is 71.6 Å². The third-order valence-electron chi connectivity index (χ3n) is 6.04. The summed E-state index contributed by atoms with van der Waals surface area (Å²) in [4.78, 5) is 6.80. The van der Waals surface area contributed by atoms with Gasteiger partial charge >= 0.3 is 6.18 Å². The predicted octanol–water partition coefficient (Wildman–Crippen LogP) is 5.32. The first kappa shape index (κ1) is 22.5. The van der Waals surface area contributed by atoms with Crippen LogP contribution in [0.1, 0.15) is 43.3 Å². The maximum atomic E-state index is 13.0. The van der Waals surface area contributed by atoms with Crippen molar-refractivity contribution in [3.8, 4) is 11.4 Å². The molecule has 3 aromatic rings. The molecule has 5 nitrogen and oxygen atoms in total. The van der Waals surface area contributed by atoms with Gasteiger partial charge in [-0.3, -0.25) is 4.90 Å². The third-order valence-corrected chi connectivity index (χ3v) is 6.04. The molecule has 0 amide bonds. The van der Waals surface area contributed by atoms with E-state index in [1.165, 1.54) is 11.6 Å². The van der Waals surface area contributed by atoms with E-state index in [0.717, 1.165) is 38.2 Å². The normalized spacial score (nSPS) is 19.2. The molecule has 1 N–H and O–H groups in total. The van der Waals surface area contributed by atoms with Gasteiger partial charge in [0.1, 0.15) is 0 Å². The van der Waals surface area contributed by atoms with Crippen LogP contribution in [0.25, 0.3) is 11.4 Å². The molecule has 1 fully saturated rings. The van der Waals surface area contributed by atoms with Crippen LogP contribution >= 0.6 is 0 Å². The van der Waals surface area contributed by atoms with Gasteiger partial charge in [-0.1, -0.05) is 47.6 Å². The van der Waals surface area contributed by atoms with Crippen molar-refractivity contribution in [1.82, 2.24) is 20.4 Å². The zero-order valence-corrected chi connectivity index (χ0v) is 18.1. The number of halogens is 3. The zero-order chi connectivity index (χ0) is 22.7. The van der Waals surface area contributed by atoms with Crippen molar-refractivity contribution in [1.29, 1.82) is 0 Å². The molecule has 0 unspecified atom stereocenters. The first-order valence-corrected chi connectivity index (χ1v) is 10.8. The number of nitrogens with zero attached hydrogens (tertiary/aromatic N) is 3. The van der Waals surface area contributed by atoms with Crippen LogP contribution in [0.2, 0.25) is 0 Å². The van der Waals surface area contributed by atoms with Gasteiger partial charge in [0.05, 0.1) is 11.6 Å². The summed E-state index contributed by atoms with van der Waals surface area (Å²) >= 11 is 0. The van der Waals surface area contributed by atoms with Crippen LogP contribution in [0.15, 0.2) is 59.1 Å². The van der Waals surface area contributed by atoms with Crippen LogP contribution in [-0.2, 0) is 12.7 Å². The van der Waals surface area contributed by atoms with Gasteiger partial charge in [0.25, 0.3) is 0 Å². The summed E-state index contributed by atoms with van der Waals surface area (Å²) in [5.41, 5.74) is 0.861. The van der Waals surface area contributed by atoms with E-state index in [1.807, 2.05) is 13.0 Å². The fourth-order valence-electron chi connectivity index (χ4n) is 4.22. The Labute approximate surface area is 185 Å². The van der Waals surface area contributed by atoms with E-state index in [4.69, 9.17) is 4.52 Å². The number of benzene rings is 2. The van der Waals surface area contributed by atoms with E-state index in [2.05, 4.69) is 51.5 Å². The Balaban J connectivity index is 1.35. The van der Waals surface area contributed by atoms with E-state index in [9.17, 15) is 13.2 Å². The van der Waals surface area contributed by atoms with Crippen LogP contribution in [0.3, 0.4) is 0 Å². The second-order valence-corrected chi connectivity index (χ2v) is 8.48. The first-order valence-electron chi connectivity index (χ1n) is 10.8. The smallest absolute Gasteiger partial charge is 0.337 e. The summed E-state index contributed by atoms with van der Waals surface area (Å²) < 4.78 is 44.3. The maximum absolute atomic E-state index is 13.0. The molecule has 8 heteroatoms. The number of aromatic nitrogens is 2. The number of rotatable bonds is 7. The minimum absolute atomic E-state index is 0.155. The minimum Gasteiger partial charge on any atom is -0.337 e. The molecule has 0 bridgehead atoms. The monoisotopic (exact) mass is 444 g/mol. The van der Waals surface area contributed by atoms with Gasteiger partial charge in [0.2, 0.25) is 11.7 Å². The van der Waals surface area contributed by atoms with Gasteiger partial charge in [-0.2, -0.15) is 18.2 Å². The Morgan fingerprint density at radius 1 is 1.12 bits per heavy atom. The minimum atomic E-state index is -4.41. The van der Waals surface area contributed by atoms with Crippen molar-refractivity contribution in [2.24, 2.45) is 5.92 Å². The highest BCUT2D eigenvalue weighted by atomic mass is 19.4. The third kappa shape index (κ3) is 5.37. The van der Waals surface area contributed by atoms with Crippen molar-refractivity contribution in [3.63, 3.8) is 0 Å². The standard InChI is InChI=1S/C24H27F3N4O/c1-16(20-11-12-31(15-20)14-18-7-4-3-5-8-18)28-17(2)23-29-22(30-32-23)19-9-6-10-21(13-19)24(25,26)27/h3-10,13,16-17,20,28H,11-12,14-15H2,1-2H3/t16-,17-,20+/m0/s1. The Kier molecular flexibility index (Phi) is 6.62. The molecule has 0 spiro atoms. The lowest BCUT2D eigenvalue weighted by Crippen LogP contribution is -2.37. The molecule has 1 aromatic heterocycles. The Morgan fingerprint density at radius 2 is 1.91 bits per heavy atom. The zero-order valence-electron chi connectivity index (χ0n) is 18.1. The molecular weight excluding hydrogens is 417 g/mol. The molecule has 1 saturated heterocycles. The summed E-state index contributed by atoms with van der Waals surface area (Å²) in [5, 5.41) is 7.41. The quantitative estimate of drug-likeness (QED) is 0.535. The van der Waals surface area contributed by atoms with E-state index < -0.39 is 11.7 Å². The summed E-state index contributed by atoms with van der Waals surface area (Å²) in [6, 6.07) is 15.4. The molecule has 1 aliphatic rings. The van der Waals surface area contributed by atoms with Crippen molar-refractivity contribution < 1.29 is 17.7 Å². The van der Waals surface area contributed by atoms with E-state index in [-0.39, 0.29) is 23.5 Å². The highest BCUT2D eigenvalue weighted by Gasteiger charge is 2.31. The number of hydrogen-bond acceptors (Lipinski definition) is 5. The Morgan fingerprint density at radius 3 is 2.66 bits per heavy atom. The molecule has 170 valence electrons. The van der Waals surface area contributed by atoms with Crippen molar-refractivity contribution in [2.45, 2.75) is 45.1 Å². The van der Waals surface area contributed by atoms with E-state index in [1.54, 1.807) is 6.07 Å². The molecule has 0 saturated carbocycles. The lowest BCUT2D eigenvalue weighted by atomic mass is 10.00. The average molecular weight is 445 g/mol. The topological polar surface area (TPSA) is 54.2 Å². The van der Waals surface area contributed by atoms with E-state index >= 15 is 0 Å². The summed E-state index contributed by atoms with van der Waals surface area (Å²) in [6.07, 6.45) is -3.31. The number of nitrogens with one attached hydrogen (secondary N) is 1. The lowest BCUT2D eigenvalue weighted by molar-refractivity contribution is -0.137. The fourth-order valence-corrected chi connectivity index (χ4v) is 4.22. The fraction of sp³-hybridized carbons (Fsp3) is 0.417. The van der Waals surface area contributed by atoms with Crippen LogP contribution in [0, 0.1) is 5.92 Å². The molecule has 2 heterocycles. The average Bonchev–Trinajstić information content (AvgIpc) is 3.44. The van der Waals surface area contributed by atoms with Gasteiger partial charge in [0, 0.05) is 24.7 Å². The molecule has 2 aromatic carbocycles. The van der Waals surface area contributed by atoms with Gasteiger partial charge in [-0.25, -0.2) is 0 Å². The van der Waals surface area contributed by atoms with E-state index in [0.29, 0.717) is 11.8 Å². The van der Waals surface area contributed by atoms with Gasteiger partial charge in [0.15, 0.2) is 0 Å². The molecule has 0 aliphatic carbocycles. The highest BCUT2D eigenvalue weighted by Crippen LogP contribution is 2.32. The molecule has 4 rings (SSSR count). The summed E-state index contributed by atoms with van der Waals surface area (Å²) in [7, 11) is 0. The number of hydrogen-bond donors (Lipinski definition) is 1. The Hall–Kier alpha value is -2.71. The molecule has 32 heavy (non-hydrogen) atoms. The second-order valence-electron chi connectivity index (χ2n) is 8.48. The van der Waals surface area contributed by atoms with Crippen molar-refractivity contribution in [2.75, 3.05) is 13.1 Å². The Bertz CT molecular complexity index is 1020. The van der Waals surface area contributed by atoms with Crippen LogP contribution < -0.4 is 5.32 Å². The SMILES string of the molecule is C[C@H](N[C@@H](C)[C@@H]1CCN(Cc2ccccc2)C1)c1nc(-c2cccc(C(F)(F)F)c2)no1. The lowest BCUT2D eigenvalue weighted by Gasteiger charge is -2.24. The van der Waals surface area contributed by atoms with Crippen molar-refractivity contribution >= 4 is 0 Å². The number of likely N-dealkylation sites (tertiary alicyclic amines) is 1. The second kappa shape index (κ2) is 9.42. The molecule has 3 atom stereocenters. The molecular formula is C24H27F3N4O. The first-order chi connectivity index (χ1) is 15.3. The number of alkyl halides is 3. The van der Waals surface area contributed by atoms with Gasteiger partial charge in [-0.05, 0) is 50.4 Å². The molecule has 0 radical (unpaired) electrons. The van der Waals surface area contributed by atoms with Crippen LogP contribution in [-0.4, -0.2) is 34.2 Å². The van der Waals surface area contributed by atoms with Crippen LogP contribution in [0.4, 0.5) is 13.2 Å². The largest absolute Gasteiger partial charge is 0.416 e. The van der Waals surface area contributed by atoms with Crippen LogP contribution in [0.5, 0.6) is 0 Å². The van der Waals surface area contributed by atoms with Gasteiger partial charge < -0.3 is 9.84 Å². The molecule has 1 aliphatic heterocycles. The predicted molar refractivity (Wildman–Crippen MR) is 116 cm³/mol.